The summed E-state index contributed by atoms with van der Waals surface area (Å²) in [5.41, 5.74) is 3.28. The molecule has 0 fully saturated rings. The lowest BCUT2D eigenvalue weighted by molar-refractivity contribution is -0.116. The number of carbonyl (C=O) groups excluding carboxylic acids is 1. The van der Waals surface area contributed by atoms with Crippen LogP contribution in [-0.2, 0) is 17.8 Å². The van der Waals surface area contributed by atoms with Crippen LogP contribution in [0.2, 0.25) is 0 Å². The van der Waals surface area contributed by atoms with E-state index in [1.165, 1.54) is 5.56 Å². The van der Waals surface area contributed by atoms with Crippen molar-refractivity contribution in [3.63, 3.8) is 0 Å². The van der Waals surface area contributed by atoms with E-state index in [1.807, 2.05) is 36.7 Å². The highest BCUT2D eigenvalue weighted by Crippen LogP contribution is 2.26. The molecule has 4 nitrogen and oxygen atoms in total. The van der Waals surface area contributed by atoms with Crippen molar-refractivity contribution in [1.29, 1.82) is 0 Å². The highest BCUT2D eigenvalue weighted by molar-refractivity contribution is 5.91. The minimum Gasteiger partial charge on any atom is -0.493 e. The van der Waals surface area contributed by atoms with E-state index in [-0.39, 0.29) is 5.91 Å². The van der Waals surface area contributed by atoms with Crippen LogP contribution in [-0.4, -0.2) is 17.5 Å². The van der Waals surface area contributed by atoms with Crippen molar-refractivity contribution in [2.45, 2.75) is 13.0 Å². The maximum atomic E-state index is 11.7. The molecule has 0 saturated heterocycles. The number of nitrogens with one attached hydrogen (secondary N) is 2. The highest BCUT2D eigenvalue weighted by Gasteiger charge is 2.11. The van der Waals surface area contributed by atoms with Gasteiger partial charge in [0.1, 0.15) is 5.75 Å². The Hall–Kier alpha value is -2.49. The maximum Gasteiger partial charge on any atom is 0.244 e. The van der Waals surface area contributed by atoms with E-state index >= 15 is 0 Å². The second-order valence-corrected chi connectivity index (χ2v) is 4.74. The fourth-order valence-corrected chi connectivity index (χ4v) is 2.20. The largest absolute Gasteiger partial charge is 0.493 e. The zero-order chi connectivity index (χ0) is 13.8. The average Bonchev–Trinajstić information content (AvgIpc) is 3.13. The third-order valence-corrected chi connectivity index (χ3v) is 3.27. The lowest BCUT2D eigenvalue weighted by Crippen LogP contribution is -2.19. The topological polar surface area (TPSA) is 54.1 Å². The molecule has 1 aliphatic rings. The third-order valence-electron chi connectivity index (χ3n) is 3.27. The molecule has 0 unspecified atom stereocenters. The lowest BCUT2D eigenvalue weighted by atomic mass is 10.1. The van der Waals surface area contributed by atoms with Crippen molar-refractivity contribution in [1.82, 2.24) is 10.3 Å². The molecule has 1 aromatic carbocycles. The van der Waals surface area contributed by atoms with Gasteiger partial charge < -0.3 is 15.0 Å². The Bertz CT molecular complexity index is 630. The fraction of sp³-hybridized carbons (Fsp3) is 0.188. The normalized spacial score (nSPS) is 13.2. The Labute approximate surface area is 117 Å². The van der Waals surface area contributed by atoms with Gasteiger partial charge in [-0.3, -0.25) is 4.79 Å². The van der Waals surface area contributed by atoms with E-state index in [4.69, 9.17) is 4.74 Å². The molecule has 0 aliphatic carbocycles. The summed E-state index contributed by atoms with van der Waals surface area (Å²) in [6.07, 6.45) is 8.03. The summed E-state index contributed by atoms with van der Waals surface area (Å²) in [6, 6.07) is 7.92. The Morgan fingerprint density at radius 2 is 2.35 bits per heavy atom. The SMILES string of the molecule is O=C(/C=C/c1ccc2c(c1)CCO2)NCc1cc[nH]c1. The van der Waals surface area contributed by atoms with Gasteiger partial charge in [0, 0.05) is 31.4 Å². The number of aromatic amines is 1. The molecule has 1 aromatic heterocycles. The number of ether oxygens (including phenoxy) is 1. The van der Waals surface area contributed by atoms with Crippen molar-refractivity contribution in [3.05, 3.63) is 59.4 Å². The van der Waals surface area contributed by atoms with E-state index in [0.717, 1.165) is 29.9 Å². The summed E-state index contributed by atoms with van der Waals surface area (Å²) in [6.45, 7) is 1.28. The molecule has 4 heteroatoms. The summed E-state index contributed by atoms with van der Waals surface area (Å²) in [4.78, 5) is 14.7. The van der Waals surface area contributed by atoms with Gasteiger partial charge in [-0.05, 0) is 41.0 Å². The zero-order valence-electron chi connectivity index (χ0n) is 11.1. The first-order valence-corrected chi connectivity index (χ1v) is 6.64. The van der Waals surface area contributed by atoms with Gasteiger partial charge in [0.15, 0.2) is 0 Å². The van der Waals surface area contributed by atoms with E-state index in [9.17, 15) is 4.79 Å². The van der Waals surface area contributed by atoms with Gasteiger partial charge in [0.05, 0.1) is 6.61 Å². The quantitative estimate of drug-likeness (QED) is 0.836. The summed E-state index contributed by atoms with van der Waals surface area (Å²) in [5, 5.41) is 2.84. The molecule has 0 bridgehead atoms. The van der Waals surface area contributed by atoms with E-state index in [2.05, 4.69) is 16.4 Å². The smallest absolute Gasteiger partial charge is 0.244 e. The Kier molecular flexibility index (Phi) is 3.54. The van der Waals surface area contributed by atoms with Crippen molar-refractivity contribution >= 4 is 12.0 Å². The van der Waals surface area contributed by atoms with Gasteiger partial charge in [0.25, 0.3) is 0 Å². The summed E-state index contributed by atoms with van der Waals surface area (Å²) in [7, 11) is 0. The molecule has 102 valence electrons. The molecular weight excluding hydrogens is 252 g/mol. The van der Waals surface area contributed by atoms with Crippen LogP contribution in [0.4, 0.5) is 0 Å². The first-order valence-electron chi connectivity index (χ1n) is 6.64. The predicted octanol–water partition coefficient (Wildman–Crippen LogP) is 2.28. The predicted molar refractivity (Wildman–Crippen MR) is 77.3 cm³/mol. The third kappa shape index (κ3) is 2.91. The number of aromatic nitrogens is 1. The van der Waals surface area contributed by atoms with Gasteiger partial charge in [-0.15, -0.1) is 0 Å². The van der Waals surface area contributed by atoms with Crippen molar-refractivity contribution < 1.29 is 9.53 Å². The van der Waals surface area contributed by atoms with E-state index < -0.39 is 0 Å². The van der Waals surface area contributed by atoms with E-state index in [0.29, 0.717) is 6.54 Å². The molecular formula is C16H16N2O2. The second-order valence-electron chi connectivity index (χ2n) is 4.74. The molecule has 2 heterocycles. The molecule has 0 spiro atoms. The Balaban J connectivity index is 1.58. The molecule has 0 saturated carbocycles. The van der Waals surface area contributed by atoms with Crippen molar-refractivity contribution in [2.75, 3.05) is 6.61 Å². The Morgan fingerprint density at radius 3 is 3.20 bits per heavy atom. The van der Waals surface area contributed by atoms with Crippen LogP contribution in [0.5, 0.6) is 5.75 Å². The summed E-state index contributed by atoms with van der Waals surface area (Å²) < 4.78 is 5.45. The molecule has 0 radical (unpaired) electrons. The van der Waals surface area contributed by atoms with Crippen molar-refractivity contribution in [2.24, 2.45) is 0 Å². The molecule has 20 heavy (non-hydrogen) atoms. The van der Waals surface area contributed by atoms with Gasteiger partial charge in [-0.2, -0.15) is 0 Å². The van der Waals surface area contributed by atoms with Gasteiger partial charge >= 0.3 is 0 Å². The van der Waals surface area contributed by atoms with Gasteiger partial charge in [0.2, 0.25) is 5.91 Å². The number of carbonyl (C=O) groups is 1. The summed E-state index contributed by atoms with van der Waals surface area (Å²) in [5.74, 6) is 0.863. The minimum atomic E-state index is -0.0945. The van der Waals surface area contributed by atoms with Gasteiger partial charge in [-0.1, -0.05) is 6.07 Å². The van der Waals surface area contributed by atoms with Crippen LogP contribution in [0, 0.1) is 0 Å². The van der Waals surface area contributed by atoms with Crippen LogP contribution >= 0.6 is 0 Å². The molecule has 3 rings (SSSR count). The molecule has 1 amide bonds. The number of rotatable bonds is 4. The lowest BCUT2D eigenvalue weighted by Gasteiger charge is -2.01. The number of amides is 1. The number of H-pyrrole nitrogens is 1. The van der Waals surface area contributed by atoms with Crippen LogP contribution in [0.1, 0.15) is 16.7 Å². The fourth-order valence-electron chi connectivity index (χ4n) is 2.20. The van der Waals surface area contributed by atoms with Crippen LogP contribution < -0.4 is 10.1 Å². The first-order chi connectivity index (χ1) is 9.81. The minimum absolute atomic E-state index is 0.0945. The molecule has 2 aromatic rings. The number of hydrogen-bond donors (Lipinski definition) is 2. The average molecular weight is 268 g/mol. The molecule has 0 atom stereocenters. The maximum absolute atomic E-state index is 11.7. The molecule has 2 N–H and O–H groups in total. The monoisotopic (exact) mass is 268 g/mol. The van der Waals surface area contributed by atoms with E-state index in [1.54, 1.807) is 6.08 Å². The van der Waals surface area contributed by atoms with Crippen LogP contribution in [0.15, 0.2) is 42.7 Å². The number of benzene rings is 1. The first kappa shape index (κ1) is 12.5. The molecule has 1 aliphatic heterocycles. The number of hydrogen-bond acceptors (Lipinski definition) is 2. The van der Waals surface area contributed by atoms with Crippen LogP contribution in [0.3, 0.4) is 0 Å². The zero-order valence-corrected chi connectivity index (χ0v) is 11.1. The van der Waals surface area contributed by atoms with Crippen LogP contribution in [0.25, 0.3) is 6.08 Å². The number of fused-ring (bicyclic) bond motifs is 1. The summed E-state index contributed by atoms with van der Waals surface area (Å²) >= 11 is 0. The standard InChI is InChI=1S/C16H16N2O2/c19-16(18-11-13-5-7-17-10-13)4-2-12-1-3-15-14(9-12)6-8-20-15/h1-5,7,9-10,17H,6,8,11H2,(H,18,19)/b4-2+. The van der Waals surface area contributed by atoms with Crippen molar-refractivity contribution in [3.8, 4) is 5.75 Å². The Morgan fingerprint density at radius 1 is 1.40 bits per heavy atom. The van der Waals surface area contributed by atoms with Gasteiger partial charge in [-0.25, -0.2) is 0 Å². The second kappa shape index (κ2) is 5.65. The highest BCUT2D eigenvalue weighted by atomic mass is 16.5.